The van der Waals surface area contributed by atoms with Crippen molar-refractivity contribution in [3.63, 3.8) is 0 Å². The lowest BCUT2D eigenvalue weighted by Crippen LogP contribution is -2.07. The van der Waals surface area contributed by atoms with Crippen LogP contribution in [-0.4, -0.2) is 5.97 Å². The number of hydrogen-bond donors (Lipinski definition) is 1. The fraction of sp³-hybridized carbons (Fsp3) is 0.0714. The molecule has 0 aromatic heterocycles. The van der Waals surface area contributed by atoms with Crippen LogP contribution in [-0.2, 0) is 11.3 Å². The molecule has 0 unspecified atom stereocenters. The molecule has 2 aromatic carbocycles. The van der Waals surface area contributed by atoms with Crippen molar-refractivity contribution >= 4 is 43.5 Å². The molecule has 0 atom stereocenters. The van der Waals surface area contributed by atoms with Gasteiger partial charge >= 0.3 is 5.97 Å². The first-order valence-electron chi connectivity index (χ1n) is 5.63. The minimum absolute atomic E-state index is 0.131. The van der Waals surface area contributed by atoms with E-state index in [4.69, 9.17) is 10.5 Å². The summed E-state index contributed by atoms with van der Waals surface area (Å²) in [5, 5.41) is 0. The largest absolute Gasteiger partial charge is 0.457 e. The highest BCUT2D eigenvalue weighted by molar-refractivity contribution is 9.10. The van der Waals surface area contributed by atoms with Crippen LogP contribution in [0.2, 0.25) is 0 Å². The molecular weight excluding hydrogens is 393 g/mol. The fourth-order valence-electron chi connectivity index (χ4n) is 1.54. The molecule has 0 aliphatic carbocycles. The summed E-state index contributed by atoms with van der Waals surface area (Å²) < 4.78 is 20.0. The molecule has 0 aliphatic rings. The quantitative estimate of drug-likeness (QED) is 0.615. The number of rotatable bonds is 3. The molecule has 6 heteroatoms. The standard InChI is InChI=1S/C14H10Br2FNO2/c15-10-3-1-9(12(17)6-10)7-20-14(19)8-2-4-11(16)13(18)5-8/h1-6H,7,18H2. The lowest BCUT2D eigenvalue weighted by atomic mass is 10.2. The van der Waals surface area contributed by atoms with Gasteiger partial charge in [-0.1, -0.05) is 22.0 Å². The van der Waals surface area contributed by atoms with Crippen LogP contribution in [0.15, 0.2) is 45.3 Å². The van der Waals surface area contributed by atoms with Crippen molar-refractivity contribution in [3.05, 3.63) is 62.3 Å². The maximum Gasteiger partial charge on any atom is 0.338 e. The molecule has 0 fully saturated rings. The van der Waals surface area contributed by atoms with Crippen LogP contribution in [0.4, 0.5) is 10.1 Å². The molecule has 2 aromatic rings. The van der Waals surface area contributed by atoms with Crippen molar-refractivity contribution in [2.24, 2.45) is 0 Å². The van der Waals surface area contributed by atoms with E-state index in [0.717, 1.165) is 0 Å². The number of benzene rings is 2. The number of ether oxygens (including phenoxy) is 1. The Morgan fingerprint density at radius 2 is 1.95 bits per heavy atom. The zero-order valence-electron chi connectivity index (χ0n) is 10.2. The van der Waals surface area contributed by atoms with E-state index in [9.17, 15) is 9.18 Å². The van der Waals surface area contributed by atoms with Gasteiger partial charge in [-0.05, 0) is 46.3 Å². The Labute approximate surface area is 132 Å². The van der Waals surface area contributed by atoms with Gasteiger partial charge in [-0.2, -0.15) is 0 Å². The molecule has 20 heavy (non-hydrogen) atoms. The van der Waals surface area contributed by atoms with Crippen LogP contribution in [0.25, 0.3) is 0 Å². The van der Waals surface area contributed by atoms with Crippen LogP contribution >= 0.6 is 31.9 Å². The molecule has 0 aliphatic heterocycles. The second kappa shape index (κ2) is 6.37. The molecular formula is C14H10Br2FNO2. The van der Waals surface area contributed by atoms with Crippen molar-refractivity contribution in [3.8, 4) is 0 Å². The minimum atomic E-state index is -0.550. The Morgan fingerprint density at radius 3 is 2.60 bits per heavy atom. The summed E-state index contributed by atoms with van der Waals surface area (Å²) in [7, 11) is 0. The molecule has 0 bridgehead atoms. The number of carbonyl (C=O) groups is 1. The summed E-state index contributed by atoms with van der Waals surface area (Å²) in [6.45, 7) is -0.131. The molecule has 2 N–H and O–H groups in total. The van der Waals surface area contributed by atoms with Crippen LogP contribution in [0.3, 0.4) is 0 Å². The second-order valence-corrected chi connectivity index (χ2v) is 5.82. The van der Waals surface area contributed by atoms with Crippen LogP contribution in [0.5, 0.6) is 0 Å². The highest BCUT2D eigenvalue weighted by atomic mass is 79.9. The first-order chi connectivity index (χ1) is 9.47. The molecule has 0 saturated carbocycles. The van der Waals surface area contributed by atoms with Crippen LogP contribution in [0.1, 0.15) is 15.9 Å². The summed E-state index contributed by atoms with van der Waals surface area (Å²) in [6, 6.07) is 9.31. The lowest BCUT2D eigenvalue weighted by Gasteiger charge is -2.07. The molecule has 0 heterocycles. The third-order valence-corrected chi connectivity index (χ3v) is 3.82. The van der Waals surface area contributed by atoms with Gasteiger partial charge in [-0.3, -0.25) is 0 Å². The summed E-state index contributed by atoms with van der Waals surface area (Å²) in [5.41, 5.74) is 6.76. The number of carbonyl (C=O) groups excluding carboxylic acids is 1. The Morgan fingerprint density at radius 1 is 1.20 bits per heavy atom. The molecule has 2 rings (SSSR count). The van der Waals surface area contributed by atoms with Crippen LogP contribution in [0, 0.1) is 5.82 Å². The second-order valence-electron chi connectivity index (χ2n) is 4.05. The maximum atomic E-state index is 13.6. The molecule has 0 spiro atoms. The van der Waals surface area contributed by atoms with E-state index in [0.29, 0.717) is 25.8 Å². The topological polar surface area (TPSA) is 52.3 Å². The molecule has 104 valence electrons. The number of hydrogen-bond acceptors (Lipinski definition) is 3. The van der Waals surface area contributed by atoms with Crippen molar-refractivity contribution in [2.45, 2.75) is 6.61 Å². The summed E-state index contributed by atoms with van der Waals surface area (Å²) in [4.78, 5) is 11.8. The Kier molecular flexibility index (Phi) is 4.77. The predicted molar refractivity (Wildman–Crippen MR) is 81.8 cm³/mol. The first-order valence-corrected chi connectivity index (χ1v) is 7.22. The van der Waals surface area contributed by atoms with Crippen molar-refractivity contribution in [1.82, 2.24) is 0 Å². The smallest absolute Gasteiger partial charge is 0.338 e. The number of nitrogens with two attached hydrogens (primary N) is 1. The predicted octanol–water partition coefficient (Wildman–Crippen LogP) is 4.29. The van der Waals surface area contributed by atoms with Gasteiger partial charge in [0.2, 0.25) is 0 Å². The molecule has 3 nitrogen and oxygen atoms in total. The van der Waals surface area contributed by atoms with E-state index in [1.165, 1.54) is 12.1 Å². The third-order valence-electron chi connectivity index (χ3n) is 2.61. The van der Waals surface area contributed by atoms with Gasteiger partial charge in [0.15, 0.2) is 0 Å². The lowest BCUT2D eigenvalue weighted by molar-refractivity contribution is 0.0469. The third kappa shape index (κ3) is 3.58. The van der Waals surface area contributed by atoms with Gasteiger partial charge in [0.25, 0.3) is 0 Å². The molecule has 0 saturated heterocycles. The van der Waals surface area contributed by atoms with Gasteiger partial charge in [0.1, 0.15) is 12.4 Å². The number of halogens is 3. The highest BCUT2D eigenvalue weighted by Crippen LogP contribution is 2.21. The van der Waals surface area contributed by atoms with Crippen molar-refractivity contribution < 1.29 is 13.9 Å². The molecule has 0 amide bonds. The molecule has 0 radical (unpaired) electrons. The minimum Gasteiger partial charge on any atom is -0.457 e. The average molecular weight is 403 g/mol. The normalized spacial score (nSPS) is 10.3. The Hall–Kier alpha value is -1.40. The fourth-order valence-corrected chi connectivity index (χ4v) is 2.12. The van der Waals surface area contributed by atoms with Gasteiger partial charge < -0.3 is 10.5 Å². The maximum absolute atomic E-state index is 13.6. The Bertz CT molecular complexity index is 662. The van der Waals surface area contributed by atoms with Crippen LogP contribution < -0.4 is 5.73 Å². The van der Waals surface area contributed by atoms with Gasteiger partial charge in [0.05, 0.1) is 5.56 Å². The summed E-state index contributed by atoms with van der Waals surface area (Å²) in [6.07, 6.45) is 0. The number of esters is 1. The SMILES string of the molecule is Nc1cc(C(=O)OCc2ccc(Br)cc2F)ccc1Br. The van der Waals surface area contributed by atoms with E-state index >= 15 is 0 Å². The van der Waals surface area contributed by atoms with E-state index < -0.39 is 11.8 Å². The van der Waals surface area contributed by atoms with Gasteiger partial charge in [-0.25, -0.2) is 9.18 Å². The summed E-state index contributed by atoms with van der Waals surface area (Å²) in [5.74, 6) is -0.978. The van der Waals surface area contributed by atoms with E-state index in [1.807, 2.05) is 0 Å². The number of nitrogen functional groups attached to an aromatic ring is 1. The highest BCUT2D eigenvalue weighted by Gasteiger charge is 2.11. The average Bonchev–Trinajstić information content (AvgIpc) is 2.40. The zero-order valence-corrected chi connectivity index (χ0v) is 13.4. The van der Waals surface area contributed by atoms with E-state index in [-0.39, 0.29) is 6.61 Å². The van der Waals surface area contributed by atoms with Crippen molar-refractivity contribution in [2.75, 3.05) is 5.73 Å². The van der Waals surface area contributed by atoms with E-state index in [2.05, 4.69) is 31.9 Å². The summed E-state index contributed by atoms with van der Waals surface area (Å²) >= 11 is 6.40. The van der Waals surface area contributed by atoms with Crippen molar-refractivity contribution in [1.29, 1.82) is 0 Å². The van der Waals surface area contributed by atoms with E-state index in [1.54, 1.807) is 24.3 Å². The first kappa shape index (κ1) is 15.0. The monoisotopic (exact) mass is 401 g/mol. The Balaban J connectivity index is 2.06. The zero-order chi connectivity index (χ0) is 14.7. The number of anilines is 1. The van der Waals surface area contributed by atoms with Gasteiger partial charge in [0, 0.05) is 20.2 Å². The van der Waals surface area contributed by atoms with Gasteiger partial charge in [-0.15, -0.1) is 0 Å².